The molecule has 0 radical (unpaired) electrons. The van der Waals surface area contributed by atoms with Crippen molar-refractivity contribution in [2.45, 2.75) is 32.9 Å². The molecule has 0 unspecified atom stereocenters. The Labute approximate surface area is 181 Å². The lowest BCUT2D eigenvalue weighted by atomic mass is 10.0. The molecule has 0 N–H and O–H groups in total. The van der Waals surface area contributed by atoms with Gasteiger partial charge in [-0.3, -0.25) is 14.5 Å². The summed E-state index contributed by atoms with van der Waals surface area (Å²) in [5.74, 6) is -0.238. The molecule has 1 saturated heterocycles. The second kappa shape index (κ2) is 10.0. The highest BCUT2D eigenvalue weighted by Gasteiger charge is 2.26. The summed E-state index contributed by atoms with van der Waals surface area (Å²) in [6.07, 6.45) is 3.61. The molecular formula is C24H26ClFN2O2. The first-order valence-corrected chi connectivity index (χ1v) is 10.4. The maximum absolute atomic E-state index is 13.1. The molecule has 0 aliphatic carbocycles. The number of carbonyl (C=O) groups is 2. The third kappa shape index (κ3) is 6.00. The molecule has 0 saturated carbocycles. The van der Waals surface area contributed by atoms with Gasteiger partial charge in [0.25, 0.3) is 0 Å². The SMILES string of the molecule is CC(=O)Cc1cc(Cl)ccc1/C=C/C(=O)N1CCN(Cc2ccc(F)cc2)C[C@H]1C. The van der Waals surface area contributed by atoms with E-state index in [0.717, 1.165) is 36.3 Å². The summed E-state index contributed by atoms with van der Waals surface area (Å²) in [4.78, 5) is 28.4. The highest BCUT2D eigenvalue weighted by Crippen LogP contribution is 2.19. The lowest BCUT2D eigenvalue weighted by Crippen LogP contribution is -2.53. The van der Waals surface area contributed by atoms with Crippen LogP contribution in [0.5, 0.6) is 0 Å². The van der Waals surface area contributed by atoms with Crippen molar-refractivity contribution in [2.24, 2.45) is 0 Å². The predicted molar refractivity (Wildman–Crippen MR) is 118 cm³/mol. The van der Waals surface area contributed by atoms with Crippen molar-refractivity contribution < 1.29 is 14.0 Å². The molecule has 30 heavy (non-hydrogen) atoms. The zero-order valence-corrected chi connectivity index (χ0v) is 18.0. The Morgan fingerprint density at radius 3 is 2.57 bits per heavy atom. The van der Waals surface area contributed by atoms with Crippen molar-refractivity contribution in [2.75, 3.05) is 19.6 Å². The largest absolute Gasteiger partial charge is 0.334 e. The van der Waals surface area contributed by atoms with Crippen LogP contribution >= 0.6 is 11.6 Å². The van der Waals surface area contributed by atoms with Gasteiger partial charge in [-0.05, 0) is 60.9 Å². The zero-order valence-electron chi connectivity index (χ0n) is 17.3. The van der Waals surface area contributed by atoms with Crippen LogP contribution in [0.3, 0.4) is 0 Å². The lowest BCUT2D eigenvalue weighted by Gasteiger charge is -2.39. The number of nitrogens with zero attached hydrogens (tertiary/aromatic N) is 2. The molecule has 1 heterocycles. The standard InChI is InChI=1S/C24H26ClFN2O2/c1-17-15-27(16-19-3-8-23(26)9-4-19)11-12-28(17)24(30)10-6-20-5-7-22(25)14-21(20)13-18(2)29/h3-10,14,17H,11-13,15-16H2,1-2H3/b10-6+/t17-/m1/s1. The number of rotatable bonds is 6. The van der Waals surface area contributed by atoms with Crippen LogP contribution < -0.4 is 0 Å². The average Bonchev–Trinajstić information content (AvgIpc) is 2.68. The fourth-order valence-corrected chi connectivity index (χ4v) is 3.96. The number of carbonyl (C=O) groups excluding carboxylic acids is 2. The van der Waals surface area contributed by atoms with E-state index in [1.807, 2.05) is 17.9 Å². The van der Waals surface area contributed by atoms with Gasteiger partial charge in [-0.1, -0.05) is 29.8 Å². The van der Waals surface area contributed by atoms with Gasteiger partial charge < -0.3 is 4.90 Å². The Bertz CT molecular complexity index is 943. The Kier molecular flexibility index (Phi) is 7.40. The minimum atomic E-state index is -0.235. The van der Waals surface area contributed by atoms with Gasteiger partial charge in [0.15, 0.2) is 0 Å². The van der Waals surface area contributed by atoms with E-state index in [9.17, 15) is 14.0 Å². The summed E-state index contributed by atoms with van der Waals surface area (Å²) in [6.45, 7) is 6.46. The van der Waals surface area contributed by atoms with Crippen molar-refractivity contribution in [1.29, 1.82) is 0 Å². The molecule has 1 atom stereocenters. The number of hydrogen-bond donors (Lipinski definition) is 0. The minimum Gasteiger partial charge on any atom is -0.334 e. The molecule has 1 aliphatic rings. The zero-order chi connectivity index (χ0) is 21.7. The van der Waals surface area contributed by atoms with Gasteiger partial charge >= 0.3 is 0 Å². The summed E-state index contributed by atoms with van der Waals surface area (Å²) in [7, 11) is 0. The van der Waals surface area contributed by atoms with E-state index >= 15 is 0 Å². The molecule has 0 aromatic heterocycles. The number of amides is 1. The molecular weight excluding hydrogens is 403 g/mol. The highest BCUT2D eigenvalue weighted by molar-refractivity contribution is 6.30. The smallest absolute Gasteiger partial charge is 0.246 e. The van der Waals surface area contributed by atoms with Crippen LogP contribution in [-0.2, 0) is 22.6 Å². The van der Waals surface area contributed by atoms with Crippen molar-refractivity contribution >= 4 is 29.4 Å². The third-order valence-corrected chi connectivity index (χ3v) is 5.50. The quantitative estimate of drug-likeness (QED) is 0.642. The fourth-order valence-electron chi connectivity index (χ4n) is 3.77. The summed E-state index contributed by atoms with van der Waals surface area (Å²) in [6, 6.07) is 12.0. The molecule has 6 heteroatoms. The minimum absolute atomic E-state index is 0.0455. The number of hydrogen-bond acceptors (Lipinski definition) is 3. The van der Waals surface area contributed by atoms with Gasteiger partial charge in [0, 0.05) is 49.7 Å². The normalized spacial score (nSPS) is 17.5. The van der Waals surface area contributed by atoms with Crippen LogP contribution in [0.2, 0.25) is 5.02 Å². The van der Waals surface area contributed by atoms with Crippen molar-refractivity contribution in [3.63, 3.8) is 0 Å². The van der Waals surface area contributed by atoms with Crippen LogP contribution in [0.1, 0.15) is 30.5 Å². The van der Waals surface area contributed by atoms with E-state index in [-0.39, 0.29) is 30.0 Å². The van der Waals surface area contributed by atoms with Crippen LogP contribution in [0.4, 0.5) is 4.39 Å². The number of benzene rings is 2. The molecule has 0 bridgehead atoms. The van der Waals surface area contributed by atoms with Crippen molar-refractivity contribution in [1.82, 2.24) is 9.80 Å². The second-order valence-corrected chi connectivity index (χ2v) is 8.23. The number of Topliss-reactive ketones (excluding diaryl/α,β-unsaturated/α-hetero) is 1. The van der Waals surface area contributed by atoms with Gasteiger partial charge in [0.1, 0.15) is 11.6 Å². The number of piperazine rings is 1. The predicted octanol–water partition coefficient (Wildman–Crippen LogP) is 4.36. The van der Waals surface area contributed by atoms with E-state index in [1.54, 1.807) is 36.4 Å². The van der Waals surface area contributed by atoms with Crippen LogP contribution in [0.15, 0.2) is 48.5 Å². The summed E-state index contributed by atoms with van der Waals surface area (Å²) in [5.41, 5.74) is 2.70. The van der Waals surface area contributed by atoms with Crippen LogP contribution in [-0.4, -0.2) is 47.2 Å². The first kappa shape index (κ1) is 22.2. The van der Waals surface area contributed by atoms with E-state index in [2.05, 4.69) is 4.90 Å². The van der Waals surface area contributed by atoms with Gasteiger partial charge in [0.05, 0.1) is 0 Å². The van der Waals surface area contributed by atoms with Crippen molar-refractivity contribution in [3.8, 4) is 0 Å². The fraction of sp³-hybridized carbons (Fsp3) is 0.333. The van der Waals surface area contributed by atoms with Gasteiger partial charge in [-0.2, -0.15) is 0 Å². The topological polar surface area (TPSA) is 40.6 Å². The van der Waals surface area contributed by atoms with E-state index < -0.39 is 0 Å². The monoisotopic (exact) mass is 428 g/mol. The molecule has 1 aliphatic heterocycles. The molecule has 1 amide bonds. The Hall–Kier alpha value is -2.50. The van der Waals surface area contributed by atoms with E-state index in [0.29, 0.717) is 11.6 Å². The Morgan fingerprint density at radius 2 is 1.90 bits per heavy atom. The molecule has 2 aromatic rings. The first-order valence-electron chi connectivity index (χ1n) is 10.0. The second-order valence-electron chi connectivity index (χ2n) is 7.80. The van der Waals surface area contributed by atoms with Crippen LogP contribution in [0.25, 0.3) is 6.08 Å². The van der Waals surface area contributed by atoms with E-state index in [4.69, 9.17) is 11.6 Å². The van der Waals surface area contributed by atoms with Gasteiger partial charge in [0.2, 0.25) is 5.91 Å². The molecule has 1 fully saturated rings. The maximum atomic E-state index is 13.1. The van der Waals surface area contributed by atoms with Crippen molar-refractivity contribution in [3.05, 3.63) is 76.1 Å². The van der Waals surface area contributed by atoms with Gasteiger partial charge in [-0.15, -0.1) is 0 Å². The first-order chi connectivity index (χ1) is 14.3. The molecule has 4 nitrogen and oxygen atoms in total. The summed E-state index contributed by atoms with van der Waals surface area (Å²) in [5, 5.41) is 0.570. The lowest BCUT2D eigenvalue weighted by molar-refractivity contribution is -0.130. The molecule has 2 aromatic carbocycles. The van der Waals surface area contributed by atoms with Gasteiger partial charge in [-0.25, -0.2) is 4.39 Å². The summed E-state index contributed by atoms with van der Waals surface area (Å²) < 4.78 is 13.1. The number of halogens is 2. The summed E-state index contributed by atoms with van der Waals surface area (Å²) >= 11 is 6.05. The Morgan fingerprint density at radius 1 is 1.17 bits per heavy atom. The Balaban J connectivity index is 1.61. The highest BCUT2D eigenvalue weighted by atomic mass is 35.5. The number of ketones is 1. The third-order valence-electron chi connectivity index (χ3n) is 5.26. The molecule has 3 rings (SSSR count). The average molecular weight is 429 g/mol. The molecule has 0 spiro atoms. The maximum Gasteiger partial charge on any atom is 0.246 e. The molecule has 158 valence electrons. The van der Waals surface area contributed by atoms with Crippen LogP contribution in [0, 0.1) is 5.82 Å². The van der Waals surface area contributed by atoms with E-state index in [1.165, 1.54) is 19.1 Å².